The van der Waals surface area contributed by atoms with Gasteiger partial charge in [0.05, 0.1) is 11.1 Å². The molecule has 2 aromatic rings. The number of aromatic nitrogens is 2. The summed E-state index contributed by atoms with van der Waals surface area (Å²) >= 11 is 5.69. The van der Waals surface area contributed by atoms with E-state index < -0.39 is 21.9 Å². The first kappa shape index (κ1) is 19.6. The summed E-state index contributed by atoms with van der Waals surface area (Å²) in [6, 6.07) is 3.36. The van der Waals surface area contributed by atoms with E-state index in [1.807, 2.05) is 0 Å². The van der Waals surface area contributed by atoms with Gasteiger partial charge in [0.15, 0.2) is 5.82 Å². The standard InChI is InChI=1S/C16H16ClF3N4O3S/c17-9-1-2-10(11(7-9)16(18,19)20)14-22-13(23-27-14)12-8-15(12)3-5-24(6-4-15)28(21,25)26/h1-2,7,12H,3-6,8H2,(H2,21,25,26)/t12-/m0/s1. The Morgan fingerprint density at radius 1 is 1.29 bits per heavy atom. The minimum atomic E-state index is -4.61. The molecule has 1 atom stereocenters. The third-order valence-corrected chi connectivity index (χ3v) is 6.86. The molecule has 1 aliphatic carbocycles. The topological polar surface area (TPSA) is 102 Å². The predicted molar refractivity (Wildman–Crippen MR) is 93.5 cm³/mol. The fourth-order valence-electron chi connectivity index (χ4n) is 3.87. The van der Waals surface area contributed by atoms with Crippen LogP contribution in [0.15, 0.2) is 22.7 Å². The zero-order valence-corrected chi connectivity index (χ0v) is 16.0. The Hall–Kier alpha value is -1.69. The maximum atomic E-state index is 13.3. The zero-order valence-electron chi connectivity index (χ0n) is 14.4. The minimum absolute atomic E-state index is 0.0430. The molecule has 7 nitrogen and oxygen atoms in total. The summed E-state index contributed by atoms with van der Waals surface area (Å²) in [6.45, 7) is 0.602. The second kappa shape index (κ2) is 6.41. The van der Waals surface area contributed by atoms with Gasteiger partial charge in [0, 0.05) is 24.0 Å². The first-order chi connectivity index (χ1) is 13.0. The molecule has 1 spiro atoms. The third kappa shape index (κ3) is 3.51. The Kier molecular flexibility index (Phi) is 4.49. The van der Waals surface area contributed by atoms with Crippen LogP contribution in [0.4, 0.5) is 13.2 Å². The van der Waals surface area contributed by atoms with E-state index in [1.165, 1.54) is 16.4 Å². The highest BCUT2D eigenvalue weighted by atomic mass is 35.5. The fraction of sp³-hybridized carbons (Fsp3) is 0.500. The van der Waals surface area contributed by atoms with Crippen LogP contribution in [0, 0.1) is 5.41 Å². The zero-order chi connectivity index (χ0) is 20.3. The van der Waals surface area contributed by atoms with E-state index in [9.17, 15) is 21.6 Å². The molecule has 0 amide bonds. The molecule has 2 fully saturated rings. The number of rotatable bonds is 3. The number of piperidine rings is 1. The largest absolute Gasteiger partial charge is 0.417 e. The highest BCUT2D eigenvalue weighted by Gasteiger charge is 2.58. The van der Waals surface area contributed by atoms with Crippen molar-refractivity contribution in [1.29, 1.82) is 0 Å². The van der Waals surface area contributed by atoms with E-state index in [1.54, 1.807) is 0 Å². The lowest BCUT2D eigenvalue weighted by atomic mass is 9.92. The molecule has 2 aliphatic rings. The van der Waals surface area contributed by atoms with Gasteiger partial charge in [-0.05, 0) is 42.9 Å². The van der Waals surface area contributed by atoms with Crippen LogP contribution < -0.4 is 5.14 Å². The van der Waals surface area contributed by atoms with Crippen molar-refractivity contribution in [3.8, 4) is 11.5 Å². The highest BCUT2D eigenvalue weighted by molar-refractivity contribution is 7.86. The Morgan fingerprint density at radius 2 is 1.96 bits per heavy atom. The van der Waals surface area contributed by atoms with Gasteiger partial charge in [0.25, 0.3) is 16.1 Å². The minimum Gasteiger partial charge on any atom is -0.334 e. The average Bonchev–Trinajstić information content (AvgIpc) is 3.07. The number of halogens is 4. The molecule has 0 radical (unpaired) electrons. The van der Waals surface area contributed by atoms with Gasteiger partial charge in [-0.1, -0.05) is 16.8 Å². The van der Waals surface area contributed by atoms with Crippen molar-refractivity contribution in [2.24, 2.45) is 10.6 Å². The molecule has 1 aromatic heterocycles. The van der Waals surface area contributed by atoms with Crippen molar-refractivity contribution in [2.45, 2.75) is 31.4 Å². The molecule has 2 heterocycles. The Morgan fingerprint density at radius 3 is 2.57 bits per heavy atom. The average molecular weight is 437 g/mol. The van der Waals surface area contributed by atoms with Gasteiger partial charge >= 0.3 is 6.18 Å². The Balaban J connectivity index is 1.55. The molecule has 152 valence electrons. The monoisotopic (exact) mass is 436 g/mol. The first-order valence-corrected chi connectivity index (χ1v) is 10.4. The maximum Gasteiger partial charge on any atom is 0.417 e. The van der Waals surface area contributed by atoms with Crippen LogP contribution >= 0.6 is 11.6 Å². The molecule has 28 heavy (non-hydrogen) atoms. The summed E-state index contributed by atoms with van der Waals surface area (Å²) in [5.74, 6) is 0.0411. The van der Waals surface area contributed by atoms with Crippen LogP contribution in [0.3, 0.4) is 0 Å². The Labute approximate surface area is 163 Å². The van der Waals surface area contributed by atoms with Crippen LogP contribution in [-0.2, 0) is 16.4 Å². The molecule has 1 saturated heterocycles. The molecule has 1 saturated carbocycles. The highest BCUT2D eigenvalue weighted by Crippen LogP contribution is 2.64. The second-order valence-corrected chi connectivity index (χ2v) is 9.19. The molecule has 2 N–H and O–H groups in total. The van der Waals surface area contributed by atoms with Crippen molar-refractivity contribution in [3.05, 3.63) is 34.6 Å². The van der Waals surface area contributed by atoms with E-state index >= 15 is 0 Å². The van der Waals surface area contributed by atoms with Gasteiger partial charge in [0.1, 0.15) is 0 Å². The summed E-state index contributed by atoms with van der Waals surface area (Å²) in [7, 11) is -3.72. The van der Waals surface area contributed by atoms with Crippen molar-refractivity contribution in [1.82, 2.24) is 14.4 Å². The predicted octanol–water partition coefficient (Wildman–Crippen LogP) is 3.18. The lowest BCUT2D eigenvalue weighted by Crippen LogP contribution is -2.43. The van der Waals surface area contributed by atoms with E-state index in [0.717, 1.165) is 12.5 Å². The summed E-state index contributed by atoms with van der Waals surface area (Å²) in [6.07, 6.45) is -2.70. The Bertz CT molecular complexity index is 1020. The summed E-state index contributed by atoms with van der Waals surface area (Å²) < 4.78 is 69.1. The van der Waals surface area contributed by atoms with E-state index in [2.05, 4.69) is 10.1 Å². The first-order valence-electron chi connectivity index (χ1n) is 8.48. The molecule has 0 unspecified atom stereocenters. The molecule has 1 aromatic carbocycles. The number of nitrogens with zero attached hydrogens (tertiary/aromatic N) is 3. The summed E-state index contributed by atoms with van der Waals surface area (Å²) in [4.78, 5) is 4.19. The molecule has 12 heteroatoms. The lowest BCUT2D eigenvalue weighted by molar-refractivity contribution is -0.137. The van der Waals surface area contributed by atoms with Gasteiger partial charge in [-0.25, -0.2) is 5.14 Å². The number of hydrogen-bond donors (Lipinski definition) is 1. The maximum absolute atomic E-state index is 13.3. The van der Waals surface area contributed by atoms with Gasteiger partial charge in [-0.3, -0.25) is 0 Å². The van der Waals surface area contributed by atoms with Crippen LogP contribution in [0.25, 0.3) is 11.5 Å². The van der Waals surface area contributed by atoms with E-state index in [-0.39, 0.29) is 27.8 Å². The molecule has 1 aliphatic heterocycles. The van der Waals surface area contributed by atoms with Gasteiger partial charge in [-0.15, -0.1) is 0 Å². The lowest BCUT2D eigenvalue weighted by Gasteiger charge is -2.30. The van der Waals surface area contributed by atoms with Crippen LogP contribution in [-0.4, -0.2) is 36.0 Å². The smallest absolute Gasteiger partial charge is 0.334 e. The summed E-state index contributed by atoms with van der Waals surface area (Å²) in [5.41, 5.74) is -1.33. The molecule has 0 bridgehead atoms. The molecular formula is C16H16ClF3N4O3S. The third-order valence-electron chi connectivity index (χ3n) is 5.54. The van der Waals surface area contributed by atoms with Gasteiger partial charge in [-0.2, -0.15) is 30.9 Å². The number of nitrogens with two attached hydrogens (primary N) is 1. The van der Waals surface area contributed by atoms with Gasteiger partial charge < -0.3 is 4.52 Å². The number of benzene rings is 1. The quantitative estimate of drug-likeness (QED) is 0.796. The summed E-state index contributed by atoms with van der Waals surface area (Å²) in [5, 5.41) is 8.98. The van der Waals surface area contributed by atoms with Crippen molar-refractivity contribution in [2.75, 3.05) is 13.1 Å². The SMILES string of the molecule is NS(=O)(=O)N1CCC2(CC1)C[C@H]2c1noc(-c2ccc(Cl)cc2C(F)(F)F)n1. The number of hydrogen-bond acceptors (Lipinski definition) is 5. The molecule has 4 rings (SSSR count). The second-order valence-electron chi connectivity index (χ2n) is 7.21. The fourth-order valence-corrected chi connectivity index (χ4v) is 4.74. The van der Waals surface area contributed by atoms with Crippen LogP contribution in [0.2, 0.25) is 5.02 Å². The normalized spacial score (nSPS) is 22.5. The van der Waals surface area contributed by atoms with Crippen molar-refractivity contribution >= 4 is 21.8 Å². The number of alkyl halides is 3. The van der Waals surface area contributed by atoms with Crippen molar-refractivity contribution < 1.29 is 26.1 Å². The molecular weight excluding hydrogens is 421 g/mol. The van der Waals surface area contributed by atoms with Crippen LogP contribution in [0.5, 0.6) is 0 Å². The van der Waals surface area contributed by atoms with Crippen molar-refractivity contribution in [3.63, 3.8) is 0 Å². The van der Waals surface area contributed by atoms with E-state index in [0.29, 0.717) is 31.8 Å². The van der Waals surface area contributed by atoms with Gasteiger partial charge in [0.2, 0.25) is 0 Å². The van der Waals surface area contributed by atoms with Crippen LogP contribution in [0.1, 0.15) is 36.6 Å². The van der Waals surface area contributed by atoms with E-state index in [4.69, 9.17) is 21.3 Å².